The van der Waals surface area contributed by atoms with Crippen LogP contribution in [0.15, 0.2) is 41.4 Å². The van der Waals surface area contributed by atoms with Gasteiger partial charge in [0.2, 0.25) is 0 Å². The molecule has 2 rings (SSSR count). The van der Waals surface area contributed by atoms with E-state index in [2.05, 4.69) is 61.8 Å². The Labute approximate surface area is 126 Å². The number of benzene rings is 1. The van der Waals surface area contributed by atoms with Gasteiger partial charge >= 0.3 is 0 Å². The fraction of sp³-hybridized carbons (Fsp3) is 0.471. The SMILES string of the molecule is CC(C)N(CCSc1ccnc2ccccc12)C(C)C. The van der Waals surface area contributed by atoms with Gasteiger partial charge in [-0.1, -0.05) is 18.2 Å². The van der Waals surface area contributed by atoms with Crippen molar-refractivity contribution in [3.63, 3.8) is 0 Å². The van der Waals surface area contributed by atoms with Crippen LogP contribution in [0.4, 0.5) is 0 Å². The molecule has 0 unspecified atom stereocenters. The van der Waals surface area contributed by atoms with Crippen molar-refractivity contribution in [3.05, 3.63) is 36.5 Å². The van der Waals surface area contributed by atoms with Crippen LogP contribution in [0, 0.1) is 0 Å². The molecule has 0 N–H and O–H groups in total. The Bertz CT molecular complexity index is 538. The van der Waals surface area contributed by atoms with Crippen molar-refractivity contribution < 1.29 is 0 Å². The van der Waals surface area contributed by atoms with Crippen LogP contribution in [0.25, 0.3) is 10.9 Å². The number of rotatable bonds is 6. The lowest BCUT2D eigenvalue weighted by Crippen LogP contribution is -2.38. The summed E-state index contributed by atoms with van der Waals surface area (Å²) in [6.45, 7) is 10.2. The summed E-state index contributed by atoms with van der Waals surface area (Å²) in [5.41, 5.74) is 1.09. The average molecular weight is 288 g/mol. The second-order valence-corrected chi connectivity index (χ2v) is 6.74. The lowest BCUT2D eigenvalue weighted by Gasteiger charge is -2.30. The van der Waals surface area contributed by atoms with E-state index in [1.807, 2.05) is 24.0 Å². The minimum Gasteiger partial charge on any atom is -0.298 e. The number of nitrogens with zero attached hydrogens (tertiary/aromatic N) is 2. The number of thioether (sulfide) groups is 1. The van der Waals surface area contributed by atoms with Crippen molar-refractivity contribution in [2.24, 2.45) is 0 Å². The third-order valence-electron chi connectivity index (χ3n) is 3.54. The van der Waals surface area contributed by atoms with Gasteiger partial charge in [0, 0.05) is 40.9 Å². The number of hydrogen-bond acceptors (Lipinski definition) is 3. The fourth-order valence-corrected chi connectivity index (χ4v) is 3.58. The van der Waals surface area contributed by atoms with Gasteiger partial charge in [0.1, 0.15) is 0 Å². The topological polar surface area (TPSA) is 16.1 Å². The number of para-hydroxylation sites is 1. The lowest BCUT2D eigenvalue weighted by molar-refractivity contribution is 0.187. The van der Waals surface area contributed by atoms with Gasteiger partial charge in [-0.05, 0) is 39.8 Å². The molecule has 1 aromatic carbocycles. The monoisotopic (exact) mass is 288 g/mol. The minimum absolute atomic E-state index is 0.602. The highest BCUT2D eigenvalue weighted by atomic mass is 32.2. The number of pyridine rings is 1. The van der Waals surface area contributed by atoms with Crippen LogP contribution in [0.2, 0.25) is 0 Å². The molecule has 0 aliphatic rings. The predicted molar refractivity (Wildman–Crippen MR) is 89.4 cm³/mol. The van der Waals surface area contributed by atoms with E-state index in [4.69, 9.17) is 0 Å². The van der Waals surface area contributed by atoms with Crippen molar-refractivity contribution >= 4 is 22.7 Å². The van der Waals surface area contributed by atoms with Crippen molar-refractivity contribution in [2.75, 3.05) is 12.3 Å². The van der Waals surface area contributed by atoms with Crippen LogP contribution in [0.1, 0.15) is 27.7 Å². The highest BCUT2D eigenvalue weighted by Crippen LogP contribution is 2.26. The molecular formula is C17H24N2S. The molecule has 2 aromatic rings. The highest BCUT2D eigenvalue weighted by molar-refractivity contribution is 7.99. The zero-order valence-electron chi connectivity index (χ0n) is 12.8. The second kappa shape index (κ2) is 7.09. The number of hydrogen-bond donors (Lipinski definition) is 0. The lowest BCUT2D eigenvalue weighted by atomic mass is 10.2. The van der Waals surface area contributed by atoms with Crippen molar-refractivity contribution in [1.29, 1.82) is 0 Å². The first kappa shape index (κ1) is 15.3. The first-order chi connectivity index (χ1) is 9.59. The molecule has 0 atom stereocenters. The summed E-state index contributed by atoms with van der Waals surface area (Å²) in [6, 6.07) is 11.7. The van der Waals surface area contributed by atoms with Crippen molar-refractivity contribution in [3.8, 4) is 0 Å². The first-order valence-electron chi connectivity index (χ1n) is 7.32. The maximum atomic E-state index is 4.42. The van der Waals surface area contributed by atoms with E-state index in [-0.39, 0.29) is 0 Å². The Morgan fingerprint density at radius 1 is 1.05 bits per heavy atom. The molecule has 20 heavy (non-hydrogen) atoms. The van der Waals surface area contributed by atoms with Crippen LogP contribution in [-0.4, -0.2) is 34.3 Å². The summed E-state index contributed by atoms with van der Waals surface area (Å²) in [6.07, 6.45) is 1.91. The molecule has 2 nitrogen and oxygen atoms in total. The number of fused-ring (bicyclic) bond motifs is 1. The van der Waals surface area contributed by atoms with Crippen molar-refractivity contribution in [2.45, 2.75) is 44.7 Å². The summed E-state index contributed by atoms with van der Waals surface area (Å²) in [5.74, 6) is 1.12. The van der Waals surface area contributed by atoms with E-state index in [9.17, 15) is 0 Å². The molecule has 108 valence electrons. The molecule has 3 heteroatoms. The predicted octanol–water partition coefficient (Wildman–Crippen LogP) is 4.45. The largest absolute Gasteiger partial charge is 0.298 e. The standard InChI is InChI=1S/C17H24N2S/c1-13(2)19(14(3)4)11-12-20-17-9-10-18-16-8-6-5-7-15(16)17/h5-10,13-14H,11-12H2,1-4H3. The average Bonchev–Trinajstić information content (AvgIpc) is 2.42. The summed E-state index contributed by atoms with van der Waals surface area (Å²) >= 11 is 1.93. The molecule has 0 fully saturated rings. The highest BCUT2D eigenvalue weighted by Gasteiger charge is 2.13. The molecule has 1 aromatic heterocycles. The third kappa shape index (κ3) is 3.74. The van der Waals surface area contributed by atoms with Gasteiger partial charge < -0.3 is 0 Å². The Morgan fingerprint density at radius 3 is 2.45 bits per heavy atom. The maximum absolute atomic E-state index is 4.42. The van der Waals surface area contributed by atoms with Gasteiger partial charge in [0.15, 0.2) is 0 Å². The normalized spacial score (nSPS) is 11.9. The van der Waals surface area contributed by atoms with E-state index < -0.39 is 0 Å². The smallest absolute Gasteiger partial charge is 0.0713 e. The molecule has 0 saturated carbocycles. The summed E-state index contributed by atoms with van der Waals surface area (Å²) < 4.78 is 0. The Morgan fingerprint density at radius 2 is 1.75 bits per heavy atom. The number of aromatic nitrogens is 1. The zero-order valence-corrected chi connectivity index (χ0v) is 13.7. The molecule has 0 aliphatic carbocycles. The van der Waals surface area contributed by atoms with Gasteiger partial charge in [0.25, 0.3) is 0 Å². The molecule has 0 aliphatic heterocycles. The van der Waals surface area contributed by atoms with E-state index in [0.29, 0.717) is 12.1 Å². The van der Waals surface area contributed by atoms with E-state index in [0.717, 1.165) is 17.8 Å². The van der Waals surface area contributed by atoms with Gasteiger partial charge in [-0.3, -0.25) is 9.88 Å². The van der Waals surface area contributed by atoms with Crippen LogP contribution in [0.3, 0.4) is 0 Å². The van der Waals surface area contributed by atoms with E-state index in [1.54, 1.807) is 0 Å². The minimum atomic E-state index is 0.602. The third-order valence-corrected chi connectivity index (χ3v) is 4.60. The maximum Gasteiger partial charge on any atom is 0.0713 e. The Kier molecular flexibility index (Phi) is 5.44. The summed E-state index contributed by atoms with van der Waals surface area (Å²) in [7, 11) is 0. The van der Waals surface area contributed by atoms with Gasteiger partial charge in [-0.25, -0.2) is 0 Å². The van der Waals surface area contributed by atoms with Gasteiger partial charge in [-0.15, -0.1) is 11.8 Å². The Balaban J connectivity index is 2.03. The molecule has 0 radical (unpaired) electrons. The van der Waals surface area contributed by atoms with Crippen LogP contribution in [0.5, 0.6) is 0 Å². The fourth-order valence-electron chi connectivity index (χ4n) is 2.57. The van der Waals surface area contributed by atoms with Crippen LogP contribution in [-0.2, 0) is 0 Å². The quantitative estimate of drug-likeness (QED) is 0.731. The van der Waals surface area contributed by atoms with Crippen molar-refractivity contribution in [1.82, 2.24) is 9.88 Å². The van der Waals surface area contributed by atoms with Crippen LogP contribution >= 0.6 is 11.8 Å². The summed E-state index contributed by atoms with van der Waals surface area (Å²) in [4.78, 5) is 8.29. The molecule has 0 spiro atoms. The van der Waals surface area contributed by atoms with Crippen LogP contribution < -0.4 is 0 Å². The van der Waals surface area contributed by atoms with E-state index in [1.165, 1.54) is 10.3 Å². The Hall–Kier alpha value is -1.06. The van der Waals surface area contributed by atoms with Gasteiger partial charge in [-0.2, -0.15) is 0 Å². The van der Waals surface area contributed by atoms with E-state index >= 15 is 0 Å². The molecule has 0 saturated heterocycles. The summed E-state index contributed by atoms with van der Waals surface area (Å²) in [5, 5.41) is 1.26. The zero-order chi connectivity index (χ0) is 14.5. The molecule has 0 bridgehead atoms. The second-order valence-electron chi connectivity index (χ2n) is 5.60. The van der Waals surface area contributed by atoms with Gasteiger partial charge in [0.05, 0.1) is 5.52 Å². The molecule has 1 heterocycles. The molecule has 0 amide bonds. The molecular weight excluding hydrogens is 264 g/mol. The first-order valence-corrected chi connectivity index (χ1v) is 8.30.